The summed E-state index contributed by atoms with van der Waals surface area (Å²) in [7, 11) is 1.58. The Morgan fingerprint density at radius 1 is 1.21 bits per heavy atom. The van der Waals surface area contributed by atoms with E-state index < -0.39 is 0 Å². The second-order valence-corrected chi connectivity index (χ2v) is 7.14. The van der Waals surface area contributed by atoms with Gasteiger partial charge in [0.25, 0.3) is 5.91 Å². The van der Waals surface area contributed by atoms with Crippen molar-refractivity contribution in [3.05, 3.63) is 66.0 Å². The number of nitrogens with one attached hydrogen (secondary N) is 1. The maximum atomic E-state index is 13.1. The number of aromatic nitrogens is 2. The van der Waals surface area contributed by atoms with Crippen LogP contribution in [0, 0.1) is 13.8 Å². The normalized spacial score (nSPS) is 16.1. The zero-order valence-corrected chi connectivity index (χ0v) is 17.5. The Morgan fingerprint density at radius 2 is 1.90 bits per heavy atom. The molecule has 0 atom stereocenters. The van der Waals surface area contributed by atoms with Gasteiger partial charge in [-0.1, -0.05) is 12.7 Å². The van der Waals surface area contributed by atoms with E-state index in [-0.39, 0.29) is 5.91 Å². The van der Waals surface area contributed by atoms with Crippen molar-refractivity contribution in [2.75, 3.05) is 7.11 Å². The van der Waals surface area contributed by atoms with Crippen molar-refractivity contribution in [2.45, 2.75) is 20.8 Å². The van der Waals surface area contributed by atoms with E-state index in [1.54, 1.807) is 19.5 Å². The lowest BCUT2D eigenvalue weighted by Crippen LogP contribution is -2.28. The molecule has 2 aromatic rings. The summed E-state index contributed by atoms with van der Waals surface area (Å²) >= 11 is 1.28. The van der Waals surface area contributed by atoms with Crippen molar-refractivity contribution in [3.63, 3.8) is 0 Å². The molecule has 3 heterocycles. The molecule has 7 nitrogen and oxygen atoms in total. The third kappa shape index (κ3) is 4.43. The fourth-order valence-electron chi connectivity index (χ4n) is 2.79. The first-order valence-electron chi connectivity index (χ1n) is 8.87. The standard InChI is InChI=1S/C21H21N5O2S/c1-6-17-20(22-7-2)29-21(25-17)26-19(27)16-10-23-12(3)8-14(16)15-9-13(4)24-11-18(15)28-5/h6-11H,2H2,1,3-5H3,(H,25,26,27)/b17-6+,22-20?. The lowest BCUT2D eigenvalue weighted by Gasteiger charge is -2.14. The van der Waals surface area contributed by atoms with E-state index in [4.69, 9.17) is 4.74 Å². The van der Waals surface area contributed by atoms with Gasteiger partial charge in [-0.15, -0.1) is 0 Å². The summed E-state index contributed by atoms with van der Waals surface area (Å²) in [6, 6.07) is 3.75. The summed E-state index contributed by atoms with van der Waals surface area (Å²) < 4.78 is 5.46. The molecular formula is C21H21N5O2S. The van der Waals surface area contributed by atoms with Gasteiger partial charge in [0, 0.05) is 34.9 Å². The zero-order chi connectivity index (χ0) is 21.0. The Morgan fingerprint density at radius 3 is 2.55 bits per heavy atom. The van der Waals surface area contributed by atoms with Gasteiger partial charge in [0.05, 0.1) is 24.6 Å². The van der Waals surface area contributed by atoms with E-state index >= 15 is 0 Å². The van der Waals surface area contributed by atoms with Crippen LogP contribution in [0.15, 0.2) is 59.1 Å². The van der Waals surface area contributed by atoms with Gasteiger partial charge in [0.1, 0.15) is 10.8 Å². The van der Waals surface area contributed by atoms with Crippen LogP contribution in [0.2, 0.25) is 0 Å². The number of hydrogen-bond acceptors (Lipinski definition) is 7. The lowest BCUT2D eigenvalue weighted by molar-refractivity contribution is 0.0978. The first-order chi connectivity index (χ1) is 14.0. The van der Waals surface area contributed by atoms with Gasteiger partial charge in [-0.25, -0.2) is 9.98 Å². The van der Waals surface area contributed by atoms with Crippen molar-refractivity contribution in [3.8, 4) is 16.9 Å². The minimum atomic E-state index is -0.314. The number of carbonyl (C=O) groups is 1. The van der Waals surface area contributed by atoms with Crippen LogP contribution in [0.1, 0.15) is 28.7 Å². The Balaban J connectivity index is 1.99. The number of carbonyl (C=O) groups excluding carboxylic acids is 1. The van der Waals surface area contributed by atoms with Gasteiger partial charge in [0.15, 0.2) is 5.17 Å². The average Bonchev–Trinajstić information content (AvgIpc) is 3.09. The lowest BCUT2D eigenvalue weighted by atomic mass is 9.99. The Bertz CT molecular complexity index is 1070. The van der Waals surface area contributed by atoms with E-state index in [0.717, 1.165) is 17.0 Å². The maximum Gasteiger partial charge on any atom is 0.259 e. The van der Waals surface area contributed by atoms with E-state index in [1.165, 1.54) is 18.0 Å². The summed E-state index contributed by atoms with van der Waals surface area (Å²) in [6.07, 6.45) is 6.49. The molecule has 3 rings (SSSR count). The summed E-state index contributed by atoms with van der Waals surface area (Å²) in [5.74, 6) is 0.269. The Hall–Kier alpha value is -3.26. The highest BCUT2D eigenvalue weighted by Gasteiger charge is 2.24. The first-order valence-corrected chi connectivity index (χ1v) is 9.69. The minimum Gasteiger partial charge on any atom is -0.494 e. The van der Waals surface area contributed by atoms with Crippen LogP contribution in [0.3, 0.4) is 0 Å². The van der Waals surface area contributed by atoms with Crippen molar-refractivity contribution in [2.24, 2.45) is 9.98 Å². The molecule has 2 aromatic heterocycles. The molecule has 29 heavy (non-hydrogen) atoms. The Kier molecular flexibility index (Phi) is 6.23. The number of methoxy groups -OCH3 is 1. The van der Waals surface area contributed by atoms with Crippen molar-refractivity contribution in [1.82, 2.24) is 15.3 Å². The molecular weight excluding hydrogens is 386 g/mol. The molecule has 0 saturated carbocycles. The van der Waals surface area contributed by atoms with Crippen molar-refractivity contribution >= 4 is 27.9 Å². The summed E-state index contributed by atoms with van der Waals surface area (Å²) in [4.78, 5) is 30.2. The predicted octanol–water partition coefficient (Wildman–Crippen LogP) is 4.05. The van der Waals surface area contributed by atoms with E-state index in [9.17, 15) is 4.79 Å². The van der Waals surface area contributed by atoms with Crippen LogP contribution < -0.4 is 10.1 Å². The van der Waals surface area contributed by atoms with Crippen LogP contribution in [0.4, 0.5) is 0 Å². The largest absolute Gasteiger partial charge is 0.494 e. The first kappa shape index (κ1) is 20.5. The van der Waals surface area contributed by atoms with Crippen LogP contribution in [-0.2, 0) is 0 Å². The van der Waals surface area contributed by atoms with Crippen LogP contribution in [0.25, 0.3) is 11.1 Å². The van der Waals surface area contributed by atoms with Crippen molar-refractivity contribution in [1.29, 1.82) is 0 Å². The van der Waals surface area contributed by atoms with E-state index in [0.29, 0.717) is 32.8 Å². The number of rotatable bonds is 4. The molecule has 0 radical (unpaired) electrons. The molecule has 0 unspecified atom stereocenters. The number of allylic oxidation sites excluding steroid dienone is 1. The second kappa shape index (κ2) is 8.83. The van der Waals surface area contributed by atoms with Gasteiger partial charge in [0.2, 0.25) is 0 Å². The minimum absolute atomic E-state index is 0.314. The van der Waals surface area contributed by atoms with Crippen LogP contribution in [0.5, 0.6) is 5.75 Å². The zero-order valence-electron chi connectivity index (χ0n) is 16.7. The highest BCUT2D eigenvalue weighted by atomic mass is 32.2. The van der Waals surface area contributed by atoms with Gasteiger partial charge in [-0.2, -0.15) is 0 Å². The van der Waals surface area contributed by atoms with Crippen molar-refractivity contribution < 1.29 is 9.53 Å². The summed E-state index contributed by atoms with van der Waals surface area (Å²) in [5, 5.41) is 3.99. The number of thioether (sulfide) groups is 1. The number of amides is 1. The van der Waals surface area contributed by atoms with E-state index in [1.807, 2.05) is 39.0 Å². The number of amidine groups is 1. The SMILES string of the molecule is C=CN=C1SC(NC(=O)c2cnc(C)cc2-c2cc(C)ncc2OC)=N/C1=C/C. The third-order valence-electron chi connectivity index (χ3n) is 4.14. The number of ether oxygens (including phenoxy) is 1. The molecule has 0 fully saturated rings. The molecule has 0 aromatic carbocycles. The highest BCUT2D eigenvalue weighted by Crippen LogP contribution is 2.33. The highest BCUT2D eigenvalue weighted by molar-refractivity contribution is 8.27. The maximum absolute atomic E-state index is 13.1. The number of nitrogens with zero attached hydrogens (tertiary/aromatic N) is 4. The number of aliphatic imine (C=N–C) groups is 2. The molecule has 148 valence electrons. The molecule has 8 heteroatoms. The fraction of sp³-hybridized carbons (Fsp3) is 0.190. The van der Waals surface area contributed by atoms with Crippen LogP contribution >= 0.6 is 11.8 Å². The summed E-state index contributed by atoms with van der Waals surface area (Å²) in [6.45, 7) is 9.24. The number of aryl methyl sites for hydroxylation is 2. The molecule has 1 N–H and O–H groups in total. The molecule has 0 saturated heterocycles. The molecule has 0 spiro atoms. The van der Waals surface area contributed by atoms with Crippen LogP contribution in [-0.4, -0.2) is 33.2 Å². The van der Waals surface area contributed by atoms with Gasteiger partial charge >= 0.3 is 0 Å². The van der Waals surface area contributed by atoms with Gasteiger partial charge < -0.3 is 10.1 Å². The third-order valence-corrected chi connectivity index (χ3v) is 5.03. The number of pyridine rings is 2. The molecule has 1 amide bonds. The molecule has 0 bridgehead atoms. The quantitative estimate of drug-likeness (QED) is 0.826. The fourth-order valence-corrected chi connectivity index (χ4v) is 3.66. The van der Waals surface area contributed by atoms with E-state index in [2.05, 4.69) is 31.8 Å². The van der Waals surface area contributed by atoms with Gasteiger partial charge in [-0.3, -0.25) is 14.8 Å². The summed E-state index contributed by atoms with van der Waals surface area (Å²) in [5.41, 5.74) is 4.21. The average molecular weight is 407 g/mol. The monoisotopic (exact) mass is 407 g/mol. The number of hydrogen-bond donors (Lipinski definition) is 1. The molecule has 0 aliphatic carbocycles. The second-order valence-electron chi connectivity index (χ2n) is 6.16. The molecule has 1 aliphatic heterocycles. The smallest absolute Gasteiger partial charge is 0.259 e. The molecule has 1 aliphatic rings. The Labute approximate surface area is 173 Å². The van der Waals surface area contributed by atoms with Gasteiger partial charge in [-0.05, 0) is 44.7 Å². The topological polar surface area (TPSA) is 88.8 Å². The predicted molar refractivity (Wildman–Crippen MR) is 117 cm³/mol.